The molecule has 0 fully saturated rings. The van der Waals surface area contributed by atoms with Crippen LogP contribution in [0.15, 0.2) is 53.3 Å². The molecule has 0 saturated heterocycles. The number of amides is 1. The quantitative estimate of drug-likeness (QED) is 0.795. The fourth-order valence-electron chi connectivity index (χ4n) is 2.74. The monoisotopic (exact) mass is 335 g/mol. The number of fused-ring (bicyclic) bond motifs is 1. The lowest BCUT2D eigenvalue weighted by Crippen LogP contribution is -2.28. The van der Waals surface area contributed by atoms with Crippen LogP contribution in [0.3, 0.4) is 0 Å². The summed E-state index contributed by atoms with van der Waals surface area (Å²) in [4.78, 5) is 33.5. The first kappa shape index (κ1) is 16.9. The Morgan fingerprint density at radius 2 is 1.80 bits per heavy atom. The number of para-hydroxylation sites is 1. The van der Waals surface area contributed by atoms with E-state index in [2.05, 4.69) is 23.8 Å². The largest absolute Gasteiger partial charge is 0.334 e. The topological polar surface area (TPSA) is 66.1 Å². The van der Waals surface area contributed by atoms with E-state index in [0.717, 1.165) is 0 Å². The Balaban J connectivity index is 1.80. The van der Waals surface area contributed by atoms with Crippen molar-refractivity contribution in [2.24, 2.45) is 0 Å². The number of H-pyrrole nitrogens is 1. The number of benzene rings is 2. The molecular formula is C20H21N3O2. The molecule has 128 valence electrons. The Morgan fingerprint density at radius 1 is 1.12 bits per heavy atom. The van der Waals surface area contributed by atoms with Crippen molar-refractivity contribution in [1.82, 2.24) is 14.9 Å². The summed E-state index contributed by atoms with van der Waals surface area (Å²) in [5, 5.41) is 0.546. The van der Waals surface area contributed by atoms with E-state index in [4.69, 9.17) is 0 Å². The van der Waals surface area contributed by atoms with Crippen LogP contribution in [0.4, 0.5) is 0 Å². The number of aromatic amines is 1. The Hall–Kier alpha value is -2.95. The van der Waals surface area contributed by atoms with Gasteiger partial charge in [-0.3, -0.25) is 9.59 Å². The molecule has 0 saturated carbocycles. The molecule has 1 aromatic heterocycles. The van der Waals surface area contributed by atoms with E-state index in [9.17, 15) is 9.59 Å². The van der Waals surface area contributed by atoms with Crippen LogP contribution in [-0.2, 0) is 6.54 Å². The second-order valence-electron chi connectivity index (χ2n) is 6.47. The molecule has 3 rings (SSSR count). The highest BCUT2D eigenvalue weighted by Crippen LogP contribution is 2.16. The standard InChI is InChI=1S/C20H21N3O2/c1-13(2)14-8-10-15(11-9-14)20(25)23(3)12-18-21-17-7-5-4-6-16(17)19(24)22-18/h4-11,13H,12H2,1-3H3,(H,21,22,24). The molecule has 0 aliphatic heterocycles. The predicted molar refractivity (Wildman–Crippen MR) is 98.7 cm³/mol. The molecular weight excluding hydrogens is 314 g/mol. The second-order valence-corrected chi connectivity index (χ2v) is 6.47. The highest BCUT2D eigenvalue weighted by Gasteiger charge is 2.14. The molecule has 0 aliphatic carbocycles. The van der Waals surface area contributed by atoms with Crippen molar-refractivity contribution in [1.29, 1.82) is 0 Å². The van der Waals surface area contributed by atoms with Crippen molar-refractivity contribution in [3.63, 3.8) is 0 Å². The number of nitrogens with zero attached hydrogens (tertiary/aromatic N) is 2. The molecule has 0 aliphatic rings. The van der Waals surface area contributed by atoms with Crippen molar-refractivity contribution in [3.8, 4) is 0 Å². The molecule has 0 atom stereocenters. The number of nitrogens with one attached hydrogen (secondary N) is 1. The lowest BCUT2D eigenvalue weighted by molar-refractivity contribution is 0.0781. The molecule has 1 N–H and O–H groups in total. The molecule has 1 heterocycles. The molecule has 0 spiro atoms. The Kier molecular flexibility index (Phi) is 4.65. The van der Waals surface area contributed by atoms with Crippen LogP contribution < -0.4 is 5.56 Å². The molecule has 25 heavy (non-hydrogen) atoms. The van der Waals surface area contributed by atoms with E-state index in [0.29, 0.717) is 28.2 Å². The summed E-state index contributed by atoms with van der Waals surface area (Å²) in [6, 6.07) is 14.8. The number of hydrogen-bond donors (Lipinski definition) is 1. The zero-order valence-electron chi connectivity index (χ0n) is 14.6. The van der Waals surface area contributed by atoms with Crippen molar-refractivity contribution < 1.29 is 4.79 Å². The van der Waals surface area contributed by atoms with Gasteiger partial charge in [0.2, 0.25) is 0 Å². The first-order valence-corrected chi connectivity index (χ1v) is 8.29. The third kappa shape index (κ3) is 3.60. The van der Waals surface area contributed by atoms with Crippen LogP contribution in [-0.4, -0.2) is 27.8 Å². The summed E-state index contributed by atoms with van der Waals surface area (Å²) in [5.41, 5.74) is 2.25. The number of hydrogen-bond acceptors (Lipinski definition) is 3. The van der Waals surface area contributed by atoms with Gasteiger partial charge in [0, 0.05) is 12.6 Å². The van der Waals surface area contributed by atoms with E-state index >= 15 is 0 Å². The van der Waals surface area contributed by atoms with Gasteiger partial charge in [0.1, 0.15) is 5.82 Å². The summed E-state index contributed by atoms with van der Waals surface area (Å²) in [6.45, 7) is 4.47. The highest BCUT2D eigenvalue weighted by molar-refractivity contribution is 5.94. The highest BCUT2D eigenvalue weighted by atomic mass is 16.2. The summed E-state index contributed by atoms with van der Waals surface area (Å²) >= 11 is 0. The zero-order valence-corrected chi connectivity index (χ0v) is 14.6. The minimum Gasteiger partial charge on any atom is -0.334 e. The maximum absolute atomic E-state index is 12.6. The lowest BCUT2D eigenvalue weighted by atomic mass is 10.0. The summed E-state index contributed by atoms with van der Waals surface area (Å²) < 4.78 is 0. The number of carbonyl (C=O) groups excluding carboxylic acids is 1. The smallest absolute Gasteiger partial charge is 0.258 e. The van der Waals surface area contributed by atoms with Crippen LogP contribution in [0.25, 0.3) is 10.9 Å². The van der Waals surface area contributed by atoms with Crippen LogP contribution in [0.2, 0.25) is 0 Å². The molecule has 0 bridgehead atoms. The maximum Gasteiger partial charge on any atom is 0.258 e. The lowest BCUT2D eigenvalue weighted by Gasteiger charge is -2.17. The van der Waals surface area contributed by atoms with Crippen molar-refractivity contribution in [2.45, 2.75) is 26.3 Å². The van der Waals surface area contributed by atoms with Gasteiger partial charge in [0.05, 0.1) is 17.4 Å². The molecule has 5 nitrogen and oxygen atoms in total. The fourth-order valence-corrected chi connectivity index (χ4v) is 2.74. The number of rotatable bonds is 4. The van der Waals surface area contributed by atoms with Crippen LogP contribution in [0.1, 0.15) is 41.5 Å². The van der Waals surface area contributed by atoms with Gasteiger partial charge >= 0.3 is 0 Å². The summed E-state index contributed by atoms with van der Waals surface area (Å²) in [7, 11) is 1.70. The van der Waals surface area contributed by atoms with E-state index < -0.39 is 0 Å². The van der Waals surface area contributed by atoms with Gasteiger partial charge in [-0.1, -0.05) is 38.1 Å². The molecule has 2 aromatic carbocycles. The van der Waals surface area contributed by atoms with Gasteiger partial charge in [-0.25, -0.2) is 4.98 Å². The van der Waals surface area contributed by atoms with Gasteiger partial charge < -0.3 is 9.88 Å². The van der Waals surface area contributed by atoms with E-state index in [1.54, 1.807) is 30.1 Å². The van der Waals surface area contributed by atoms with Crippen molar-refractivity contribution in [2.75, 3.05) is 7.05 Å². The van der Waals surface area contributed by atoms with Crippen LogP contribution >= 0.6 is 0 Å². The second kappa shape index (κ2) is 6.89. The zero-order chi connectivity index (χ0) is 18.0. The third-order valence-corrected chi connectivity index (χ3v) is 4.22. The fraction of sp³-hybridized carbons (Fsp3) is 0.250. The third-order valence-electron chi connectivity index (χ3n) is 4.22. The van der Waals surface area contributed by atoms with Crippen LogP contribution in [0.5, 0.6) is 0 Å². The first-order valence-electron chi connectivity index (χ1n) is 8.29. The SMILES string of the molecule is CC(C)c1ccc(C(=O)N(C)Cc2nc3ccccc3c(=O)[nH]2)cc1. The maximum atomic E-state index is 12.6. The van der Waals surface area contributed by atoms with Gasteiger partial charge in [0.15, 0.2) is 0 Å². The average Bonchev–Trinajstić information content (AvgIpc) is 2.61. The normalized spacial score (nSPS) is 11.0. The van der Waals surface area contributed by atoms with E-state index in [-0.39, 0.29) is 18.0 Å². The Bertz CT molecular complexity index is 959. The molecule has 0 unspecified atom stereocenters. The minimum absolute atomic E-state index is 0.105. The predicted octanol–water partition coefficient (Wildman–Crippen LogP) is 3.32. The van der Waals surface area contributed by atoms with Crippen LogP contribution in [0, 0.1) is 0 Å². The molecule has 1 amide bonds. The summed E-state index contributed by atoms with van der Waals surface area (Å²) in [5.74, 6) is 0.790. The van der Waals surface area contributed by atoms with Gasteiger partial charge in [-0.05, 0) is 35.7 Å². The van der Waals surface area contributed by atoms with Crippen molar-refractivity contribution >= 4 is 16.8 Å². The molecule has 0 radical (unpaired) electrons. The van der Waals surface area contributed by atoms with E-state index in [1.807, 2.05) is 30.3 Å². The Morgan fingerprint density at radius 3 is 2.48 bits per heavy atom. The van der Waals surface area contributed by atoms with Gasteiger partial charge in [-0.15, -0.1) is 0 Å². The average molecular weight is 335 g/mol. The first-order chi connectivity index (χ1) is 12.0. The minimum atomic E-state index is -0.192. The summed E-state index contributed by atoms with van der Waals surface area (Å²) in [6.07, 6.45) is 0. The van der Waals surface area contributed by atoms with Crippen molar-refractivity contribution in [3.05, 3.63) is 75.8 Å². The van der Waals surface area contributed by atoms with Gasteiger partial charge in [0.25, 0.3) is 11.5 Å². The number of aromatic nitrogens is 2. The van der Waals surface area contributed by atoms with Gasteiger partial charge in [-0.2, -0.15) is 0 Å². The molecule has 3 aromatic rings. The number of carbonyl (C=O) groups is 1. The molecule has 5 heteroatoms. The van der Waals surface area contributed by atoms with E-state index in [1.165, 1.54) is 5.56 Å². The Labute approximate surface area is 146 Å².